The van der Waals surface area contributed by atoms with Gasteiger partial charge in [0.2, 0.25) is 0 Å². The lowest BCUT2D eigenvalue weighted by Gasteiger charge is -2.01. The topological polar surface area (TPSA) is 72.7 Å². The average molecular weight is 202 g/mol. The average Bonchev–Trinajstić information content (AvgIpc) is 2.61. The zero-order chi connectivity index (χ0) is 10.7. The minimum atomic E-state index is -0.449. The van der Waals surface area contributed by atoms with Crippen molar-refractivity contribution in [3.63, 3.8) is 0 Å². The van der Waals surface area contributed by atoms with Gasteiger partial charge in [0.1, 0.15) is 0 Å². The molecule has 76 valence electrons. The standard InChI is InChI=1S/C10H10N4O/c11-10(15)8-1-5-14-6-4-12-2-3-13-7-9(8)14/h1-5,7H,6H2,(H2,11,15). The highest BCUT2D eigenvalue weighted by atomic mass is 16.1. The molecule has 0 radical (unpaired) electrons. The van der Waals surface area contributed by atoms with E-state index < -0.39 is 5.91 Å². The maximum Gasteiger partial charge on any atom is 0.250 e. The van der Waals surface area contributed by atoms with Crippen molar-refractivity contribution in [2.75, 3.05) is 0 Å². The van der Waals surface area contributed by atoms with Gasteiger partial charge in [-0.1, -0.05) is 0 Å². The number of nitrogens with zero attached hydrogens (tertiary/aromatic N) is 3. The van der Waals surface area contributed by atoms with Crippen LogP contribution >= 0.6 is 0 Å². The summed E-state index contributed by atoms with van der Waals surface area (Å²) in [5.74, 6) is -0.449. The van der Waals surface area contributed by atoms with Crippen molar-refractivity contribution in [2.24, 2.45) is 15.7 Å². The SMILES string of the molecule is NC(=O)c1ccn2c1C=NC=CN=CC2. The highest BCUT2D eigenvalue weighted by molar-refractivity contribution is 6.01. The van der Waals surface area contributed by atoms with E-state index in [1.165, 1.54) is 0 Å². The summed E-state index contributed by atoms with van der Waals surface area (Å²) >= 11 is 0. The fourth-order valence-corrected chi connectivity index (χ4v) is 1.38. The monoisotopic (exact) mass is 202 g/mol. The molecular weight excluding hydrogens is 192 g/mol. The molecule has 5 nitrogen and oxygen atoms in total. The van der Waals surface area contributed by atoms with E-state index in [9.17, 15) is 4.79 Å². The zero-order valence-corrected chi connectivity index (χ0v) is 8.00. The summed E-state index contributed by atoms with van der Waals surface area (Å²) in [5.41, 5.74) is 6.43. The second-order valence-electron chi connectivity index (χ2n) is 3.04. The quantitative estimate of drug-likeness (QED) is 0.710. The Labute approximate surface area is 86.6 Å². The summed E-state index contributed by atoms with van der Waals surface area (Å²) in [7, 11) is 0. The first-order valence-corrected chi connectivity index (χ1v) is 4.48. The molecule has 0 saturated heterocycles. The van der Waals surface area contributed by atoms with Crippen LogP contribution in [0.4, 0.5) is 0 Å². The van der Waals surface area contributed by atoms with Gasteiger partial charge in [0.05, 0.1) is 24.0 Å². The molecule has 2 rings (SSSR count). The van der Waals surface area contributed by atoms with Crippen LogP contribution in [0.15, 0.2) is 34.6 Å². The second-order valence-corrected chi connectivity index (χ2v) is 3.04. The van der Waals surface area contributed by atoms with Crippen molar-refractivity contribution < 1.29 is 4.79 Å². The molecule has 0 bridgehead atoms. The van der Waals surface area contributed by atoms with Crippen molar-refractivity contribution in [1.82, 2.24) is 4.57 Å². The molecule has 5 heteroatoms. The van der Waals surface area contributed by atoms with Gasteiger partial charge in [-0.15, -0.1) is 0 Å². The van der Waals surface area contributed by atoms with Crippen molar-refractivity contribution >= 4 is 18.3 Å². The first-order chi connectivity index (χ1) is 7.29. The van der Waals surface area contributed by atoms with Crippen LogP contribution in [0.2, 0.25) is 0 Å². The molecule has 0 atom stereocenters. The molecule has 1 aliphatic heterocycles. The van der Waals surface area contributed by atoms with Gasteiger partial charge in [0, 0.05) is 24.8 Å². The fraction of sp³-hybridized carbons (Fsp3) is 0.100. The molecule has 1 aromatic heterocycles. The predicted octanol–water partition coefficient (Wildman–Crippen LogP) is 0.562. The Morgan fingerprint density at radius 1 is 1.40 bits per heavy atom. The van der Waals surface area contributed by atoms with E-state index in [4.69, 9.17) is 5.73 Å². The maximum atomic E-state index is 11.1. The van der Waals surface area contributed by atoms with Gasteiger partial charge in [0.25, 0.3) is 5.91 Å². The molecule has 0 aromatic carbocycles. The van der Waals surface area contributed by atoms with E-state index in [1.54, 1.807) is 37.1 Å². The van der Waals surface area contributed by atoms with E-state index >= 15 is 0 Å². The van der Waals surface area contributed by atoms with Crippen LogP contribution < -0.4 is 5.73 Å². The predicted molar refractivity (Wildman–Crippen MR) is 58.2 cm³/mol. The number of fused-ring (bicyclic) bond motifs is 1. The summed E-state index contributed by atoms with van der Waals surface area (Å²) in [6.45, 7) is 0.596. The van der Waals surface area contributed by atoms with Gasteiger partial charge in [-0.25, -0.2) is 0 Å². The van der Waals surface area contributed by atoms with E-state index in [2.05, 4.69) is 9.98 Å². The third-order valence-corrected chi connectivity index (χ3v) is 2.09. The molecule has 1 amide bonds. The van der Waals surface area contributed by atoms with Crippen LogP contribution in [-0.2, 0) is 6.54 Å². The Morgan fingerprint density at radius 3 is 3.00 bits per heavy atom. The number of hydrogen-bond acceptors (Lipinski definition) is 3. The van der Waals surface area contributed by atoms with Crippen LogP contribution in [0.5, 0.6) is 0 Å². The van der Waals surface area contributed by atoms with Gasteiger partial charge in [-0.2, -0.15) is 0 Å². The van der Waals surface area contributed by atoms with Gasteiger partial charge in [-0.05, 0) is 6.07 Å². The number of aromatic nitrogens is 1. The number of amides is 1. The van der Waals surface area contributed by atoms with Crippen LogP contribution in [0.1, 0.15) is 16.1 Å². The largest absolute Gasteiger partial charge is 0.366 e. The van der Waals surface area contributed by atoms with Crippen LogP contribution in [0, 0.1) is 0 Å². The Morgan fingerprint density at radius 2 is 2.20 bits per heavy atom. The summed E-state index contributed by atoms with van der Waals surface area (Å²) in [5, 5.41) is 0. The highest BCUT2D eigenvalue weighted by Crippen LogP contribution is 2.08. The molecular formula is C10H10N4O. The molecule has 0 saturated carbocycles. The summed E-state index contributed by atoms with van der Waals surface area (Å²) < 4.78 is 1.86. The molecule has 0 fully saturated rings. The smallest absolute Gasteiger partial charge is 0.250 e. The third-order valence-electron chi connectivity index (χ3n) is 2.09. The highest BCUT2D eigenvalue weighted by Gasteiger charge is 2.11. The minimum absolute atomic E-state index is 0.449. The van der Waals surface area contributed by atoms with Crippen molar-refractivity contribution in [3.8, 4) is 0 Å². The zero-order valence-electron chi connectivity index (χ0n) is 8.00. The van der Waals surface area contributed by atoms with Crippen LogP contribution in [0.25, 0.3) is 0 Å². The molecule has 2 heterocycles. The normalized spacial score (nSPS) is 14.1. The number of aliphatic imine (C=N–C) groups is 2. The Bertz CT molecular complexity index is 468. The first kappa shape index (κ1) is 9.39. The molecule has 0 aliphatic carbocycles. The van der Waals surface area contributed by atoms with Crippen molar-refractivity contribution in [1.29, 1.82) is 0 Å². The number of hydrogen-bond donors (Lipinski definition) is 1. The molecule has 0 unspecified atom stereocenters. The number of rotatable bonds is 1. The fourth-order valence-electron chi connectivity index (χ4n) is 1.38. The third kappa shape index (κ3) is 1.85. The lowest BCUT2D eigenvalue weighted by Crippen LogP contribution is -2.14. The van der Waals surface area contributed by atoms with E-state index in [1.807, 2.05) is 4.57 Å². The molecule has 1 aliphatic rings. The molecule has 15 heavy (non-hydrogen) atoms. The Hall–Kier alpha value is -2.17. The van der Waals surface area contributed by atoms with Crippen molar-refractivity contribution in [2.45, 2.75) is 6.54 Å². The molecule has 2 N–H and O–H groups in total. The summed E-state index contributed by atoms with van der Waals surface area (Å²) in [6, 6.07) is 1.68. The number of primary amides is 1. The van der Waals surface area contributed by atoms with Crippen LogP contribution in [-0.4, -0.2) is 22.9 Å². The second kappa shape index (κ2) is 3.91. The van der Waals surface area contributed by atoms with Gasteiger partial charge in [0.15, 0.2) is 0 Å². The van der Waals surface area contributed by atoms with E-state index in [0.29, 0.717) is 17.8 Å². The summed E-state index contributed by atoms with van der Waals surface area (Å²) in [4.78, 5) is 19.1. The van der Waals surface area contributed by atoms with E-state index in [0.717, 1.165) is 0 Å². The number of carbonyl (C=O) groups excluding carboxylic acids is 1. The van der Waals surface area contributed by atoms with Crippen LogP contribution in [0.3, 0.4) is 0 Å². The number of carbonyl (C=O) groups is 1. The van der Waals surface area contributed by atoms with Gasteiger partial charge < -0.3 is 10.3 Å². The lowest BCUT2D eigenvalue weighted by atomic mass is 10.2. The number of nitrogens with two attached hydrogens (primary N) is 1. The van der Waals surface area contributed by atoms with Crippen molar-refractivity contribution in [3.05, 3.63) is 35.9 Å². The maximum absolute atomic E-state index is 11.1. The van der Waals surface area contributed by atoms with E-state index in [-0.39, 0.29) is 0 Å². The first-order valence-electron chi connectivity index (χ1n) is 4.48. The molecule has 1 aromatic rings. The van der Waals surface area contributed by atoms with Gasteiger partial charge in [-0.3, -0.25) is 14.8 Å². The minimum Gasteiger partial charge on any atom is -0.366 e. The summed E-state index contributed by atoms with van der Waals surface area (Å²) in [6.07, 6.45) is 8.28. The lowest BCUT2D eigenvalue weighted by molar-refractivity contribution is 0.1000. The Kier molecular flexibility index (Phi) is 2.45. The van der Waals surface area contributed by atoms with Gasteiger partial charge >= 0.3 is 0 Å². The molecule has 0 spiro atoms. The Balaban J connectivity index is 2.50.